The SMILES string of the molecule is Nc1c(Br)c(CN2CCSCC2)nc2c(C3C=Nc4ccccc4C3)cnn12. The third kappa shape index (κ3) is 3.23. The molecule has 1 saturated heterocycles. The molecular weight excluding hydrogens is 436 g/mol. The minimum absolute atomic E-state index is 0.153. The maximum Gasteiger partial charge on any atom is 0.161 e. The predicted octanol–water partition coefficient (Wildman–Crippen LogP) is 3.67. The summed E-state index contributed by atoms with van der Waals surface area (Å²) in [6.07, 6.45) is 4.80. The van der Waals surface area contributed by atoms with Gasteiger partial charge in [-0.05, 0) is 34.0 Å². The summed E-state index contributed by atoms with van der Waals surface area (Å²) in [5.41, 5.74) is 11.6. The molecule has 0 saturated carbocycles. The van der Waals surface area contributed by atoms with Crippen molar-refractivity contribution in [2.45, 2.75) is 18.9 Å². The second kappa shape index (κ2) is 7.50. The number of anilines is 1. The fraction of sp³-hybridized carbons (Fsp3) is 0.350. The fourth-order valence-electron chi connectivity index (χ4n) is 3.86. The van der Waals surface area contributed by atoms with Gasteiger partial charge in [-0.2, -0.15) is 21.4 Å². The van der Waals surface area contributed by atoms with Crippen molar-refractivity contribution in [3.05, 3.63) is 51.8 Å². The van der Waals surface area contributed by atoms with Crippen LogP contribution >= 0.6 is 27.7 Å². The lowest BCUT2D eigenvalue weighted by Crippen LogP contribution is -2.32. The van der Waals surface area contributed by atoms with Crippen LogP contribution in [0.3, 0.4) is 0 Å². The lowest BCUT2D eigenvalue weighted by Gasteiger charge is -2.26. The van der Waals surface area contributed by atoms with Crippen molar-refractivity contribution < 1.29 is 0 Å². The van der Waals surface area contributed by atoms with E-state index in [0.29, 0.717) is 5.82 Å². The predicted molar refractivity (Wildman–Crippen MR) is 119 cm³/mol. The van der Waals surface area contributed by atoms with Crippen LogP contribution in [0.5, 0.6) is 0 Å². The van der Waals surface area contributed by atoms with Crippen molar-refractivity contribution in [1.29, 1.82) is 0 Å². The molecule has 6 nitrogen and oxygen atoms in total. The molecule has 28 heavy (non-hydrogen) atoms. The third-order valence-corrected chi connectivity index (χ3v) is 7.23. The summed E-state index contributed by atoms with van der Waals surface area (Å²) in [4.78, 5) is 12.1. The quantitative estimate of drug-likeness (QED) is 0.650. The lowest BCUT2D eigenvalue weighted by atomic mass is 9.92. The zero-order valence-corrected chi connectivity index (χ0v) is 17.8. The Morgan fingerprint density at radius 3 is 2.89 bits per heavy atom. The first-order chi connectivity index (χ1) is 13.7. The maximum absolute atomic E-state index is 6.40. The molecule has 1 unspecified atom stereocenters. The Balaban J connectivity index is 1.52. The van der Waals surface area contributed by atoms with Crippen molar-refractivity contribution in [2.24, 2.45) is 4.99 Å². The summed E-state index contributed by atoms with van der Waals surface area (Å²) in [5.74, 6) is 3.10. The van der Waals surface area contributed by atoms with Crippen LogP contribution in [0.25, 0.3) is 5.65 Å². The van der Waals surface area contributed by atoms with Crippen LogP contribution in [0.2, 0.25) is 0 Å². The Morgan fingerprint density at radius 1 is 1.21 bits per heavy atom. The van der Waals surface area contributed by atoms with Crippen LogP contribution in [0.4, 0.5) is 11.5 Å². The summed E-state index contributed by atoms with van der Waals surface area (Å²) >= 11 is 5.66. The average molecular weight is 457 g/mol. The highest BCUT2D eigenvalue weighted by Crippen LogP contribution is 2.34. The molecule has 0 aliphatic carbocycles. The number of nitrogens with two attached hydrogens (primary N) is 1. The maximum atomic E-state index is 6.40. The molecule has 1 aromatic carbocycles. The van der Waals surface area contributed by atoms with Gasteiger partial charge in [0.15, 0.2) is 5.65 Å². The molecule has 0 spiro atoms. The van der Waals surface area contributed by atoms with Crippen LogP contribution < -0.4 is 5.73 Å². The highest BCUT2D eigenvalue weighted by atomic mass is 79.9. The Labute approximate surface area is 176 Å². The summed E-state index contributed by atoms with van der Waals surface area (Å²) in [7, 11) is 0. The number of nitrogen functional groups attached to an aromatic ring is 1. The number of thioether (sulfide) groups is 1. The van der Waals surface area contributed by atoms with Gasteiger partial charge in [0.2, 0.25) is 0 Å². The lowest BCUT2D eigenvalue weighted by molar-refractivity contribution is 0.290. The number of hydrogen-bond acceptors (Lipinski definition) is 6. The molecule has 5 rings (SSSR count). The second-order valence-corrected chi connectivity index (χ2v) is 9.22. The van der Waals surface area contributed by atoms with Crippen LogP contribution in [0, 0.1) is 0 Å². The van der Waals surface area contributed by atoms with E-state index in [0.717, 1.165) is 53.1 Å². The number of para-hydroxylation sites is 1. The standard InChI is InChI=1S/C20H21BrN6S/c21-18-17(12-26-5-7-28-8-6-26)25-20-15(11-24-27(20)19(18)22)14-9-13-3-1-2-4-16(13)23-10-14/h1-4,10-11,14H,5-9,12,22H2. The number of rotatable bonds is 3. The molecule has 3 aromatic rings. The summed E-state index contributed by atoms with van der Waals surface area (Å²) in [6.45, 7) is 2.97. The normalized spacial score (nSPS) is 19.8. The number of nitrogens with zero attached hydrogens (tertiary/aromatic N) is 5. The van der Waals surface area contributed by atoms with Gasteiger partial charge in [0, 0.05) is 48.8 Å². The summed E-state index contributed by atoms with van der Waals surface area (Å²) in [6, 6.07) is 8.29. The minimum atomic E-state index is 0.153. The molecule has 1 atom stereocenters. The van der Waals surface area contributed by atoms with E-state index >= 15 is 0 Å². The zero-order chi connectivity index (χ0) is 19.1. The molecule has 144 valence electrons. The highest BCUT2D eigenvalue weighted by Gasteiger charge is 2.24. The third-order valence-electron chi connectivity index (χ3n) is 5.42. The number of benzene rings is 1. The molecule has 0 bridgehead atoms. The second-order valence-electron chi connectivity index (χ2n) is 7.20. The van der Waals surface area contributed by atoms with Gasteiger partial charge in [0.1, 0.15) is 5.82 Å². The van der Waals surface area contributed by atoms with Gasteiger partial charge in [0.05, 0.1) is 22.1 Å². The van der Waals surface area contributed by atoms with Gasteiger partial charge in [0.25, 0.3) is 0 Å². The first kappa shape index (κ1) is 18.1. The van der Waals surface area contributed by atoms with Crippen LogP contribution in [0.15, 0.2) is 39.9 Å². The van der Waals surface area contributed by atoms with Crippen molar-refractivity contribution in [2.75, 3.05) is 30.3 Å². The number of hydrogen-bond donors (Lipinski definition) is 1. The van der Waals surface area contributed by atoms with E-state index < -0.39 is 0 Å². The zero-order valence-electron chi connectivity index (χ0n) is 15.4. The molecular formula is C20H21BrN6S. The van der Waals surface area contributed by atoms with Gasteiger partial charge in [-0.3, -0.25) is 9.89 Å². The monoisotopic (exact) mass is 456 g/mol. The Kier molecular flexibility index (Phi) is 4.86. The van der Waals surface area contributed by atoms with Gasteiger partial charge in [-0.25, -0.2) is 4.98 Å². The van der Waals surface area contributed by atoms with Crippen LogP contribution in [-0.2, 0) is 13.0 Å². The smallest absolute Gasteiger partial charge is 0.161 e. The molecule has 2 aliphatic rings. The van der Waals surface area contributed by atoms with Gasteiger partial charge in [-0.1, -0.05) is 18.2 Å². The van der Waals surface area contributed by atoms with E-state index in [-0.39, 0.29) is 5.92 Å². The molecule has 0 amide bonds. The summed E-state index contributed by atoms with van der Waals surface area (Å²) < 4.78 is 2.58. The van der Waals surface area contributed by atoms with Crippen molar-refractivity contribution in [3.63, 3.8) is 0 Å². The van der Waals surface area contributed by atoms with E-state index in [9.17, 15) is 0 Å². The van der Waals surface area contributed by atoms with E-state index in [1.165, 1.54) is 17.1 Å². The van der Waals surface area contributed by atoms with Crippen LogP contribution in [0.1, 0.15) is 22.7 Å². The van der Waals surface area contributed by atoms with E-state index in [2.05, 4.69) is 49.1 Å². The van der Waals surface area contributed by atoms with Gasteiger partial charge >= 0.3 is 0 Å². The van der Waals surface area contributed by atoms with Gasteiger partial charge in [-0.15, -0.1) is 0 Å². The highest BCUT2D eigenvalue weighted by molar-refractivity contribution is 9.10. The Bertz CT molecular complexity index is 1060. The number of halogens is 1. The Hall–Kier alpha value is -1.90. The van der Waals surface area contributed by atoms with Crippen LogP contribution in [-0.4, -0.2) is 50.3 Å². The van der Waals surface area contributed by atoms with Crippen molar-refractivity contribution in [1.82, 2.24) is 19.5 Å². The minimum Gasteiger partial charge on any atom is -0.383 e. The average Bonchev–Trinajstić information content (AvgIpc) is 3.16. The van der Waals surface area contributed by atoms with E-state index in [1.807, 2.05) is 30.2 Å². The summed E-state index contributed by atoms with van der Waals surface area (Å²) in [5, 5.41) is 4.52. The largest absolute Gasteiger partial charge is 0.383 e. The first-order valence-corrected chi connectivity index (χ1v) is 11.4. The molecule has 8 heteroatoms. The Morgan fingerprint density at radius 2 is 2.04 bits per heavy atom. The molecule has 1 fully saturated rings. The number of aliphatic imine (C=N–C) groups is 1. The van der Waals surface area contributed by atoms with Crippen molar-refractivity contribution >= 4 is 51.1 Å². The number of fused-ring (bicyclic) bond motifs is 2. The number of aromatic nitrogens is 3. The fourth-order valence-corrected chi connectivity index (χ4v) is 5.22. The van der Waals surface area contributed by atoms with Gasteiger partial charge < -0.3 is 5.73 Å². The molecule has 0 radical (unpaired) electrons. The molecule has 4 heterocycles. The molecule has 2 aliphatic heterocycles. The topological polar surface area (TPSA) is 71.8 Å². The van der Waals surface area contributed by atoms with E-state index in [1.54, 1.807) is 4.52 Å². The van der Waals surface area contributed by atoms with E-state index in [4.69, 9.17) is 10.7 Å². The first-order valence-electron chi connectivity index (χ1n) is 9.44. The molecule has 2 aromatic heterocycles. The van der Waals surface area contributed by atoms with Crippen molar-refractivity contribution in [3.8, 4) is 0 Å². The molecule has 2 N–H and O–H groups in total.